The van der Waals surface area contributed by atoms with Crippen LogP contribution in [-0.2, 0) is 9.53 Å². The molecule has 19 heavy (non-hydrogen) atoms. The first-order chi connectivity index (χ1) is 9.28. The van der Waals surface area contributed by atoms with Gasteiger partial charge < -0.3 is 10.1 Å². The molecule has 2 aliphatic rings. The topological polar surface area (TPSA) is 62.1 Å². The third kappa shape index (κ3) is 4.83. The molecule has 4 nitrogen and oxygen atoms in total. The summed E-state index contributed by atoms with van der Waals surface area (Å²) in [5, 5.41) is 11.4. The third-order valence-corrected chi connectivity index (χ3v) is 4.22. The summed E-state index contributed by atoms with van der Waals surface area (Å²) < 4.78 is 6.17. The number of hydrogen-bond donors (Lipinski definition) is 1. The Bertz CT molecular complexity index is 324. The first-order valence-electron chi connectivity index (χ1n) is 7.59. The van der Waals surface area contributed by atoms with Gasteiger partial charge in [-0.15, -0.1) is 0 Å². The lowest BCUT2D eigenvalue weighted by molar-refractivity contribution is -0.121. The number of rotatable bonds is 4. The van der Waals surface area contributed by atoms with Crippen LogP contribution in [0.4, 0.5) is 0 Å². The van der Waals surface area contributed by atoms with Crippen LogP contribution in [0.15, 0.2) is 0 Å². The van der Waals surface area contributed by atoms with Gasteiger partial charge in [-0.05, 0) is 38.5 Å². The van der Waals surface area contributed by atoms with Crippen molar-refractivity contribution in [3.05, 3.63) is 0 Å². The number of nitrogens with one attached hydrogen (secondary N) is 1. The van der Waals surface area contributed by atoms with E-state index in [1.807, 2.05) is 6.07 Å². The van der Waals surface area contributed by atoms with Crippen molar-refractivity contribution >= 4 is 5.91 Å². The van der Waals surface area contributed by atoms with Gasteiger partial charge in [0.25, 0.3) is 0 Å². The van der Waals surface area contributed by atoms with Gasteiger partial charge in [-0.1, -0.05) is 19.3 Å². The minimum atomic E-state index is -0.140. The zero-order chi connectivity index (χ0) is 13.5. The minimum Gasteiger partial charge on any atom is -0.375 e. The van der Waals surface area contributed by atoms with Gasteiger partial charge in [-0.25, -0.2) is 0 Å². The fraction of sp³-hybridized carbons (Fsp3) is 0.867. The zero-order valence-electron chi connectivity index (χ0n) is 11.6. The molecule has 0 aromatic carbocycles. The van der Waals surface area contributed by atoms with Crippen molar-refractivity contribution < 1.29 is 9.53 Å². The molecule has 0 atom stereocenters. The molecule has 1 amide bonds. The molecule has 2 aliphatic carbocycles. The van der Waals surface area contributed by atoms with Crippen LogP contribution in [0.25, 0.3) is 0 Å². The summed E-state index contributed by atoms with van der Waals surface area (Å²) in [5.74, 6) is -0.140. The van der Waals surface area contributed by atoms with Gasteiger partial charge in [0.05, 0.1) is 18.3 Å². The van der Waals surface area contributed by atoms with E-state index in [1.54, 1.807) is 0 Å². The zero-order valence-corrected chi connectivity index (χ0v) is 11.6. The highest BCUT2D eigenvalue weighted by Crippen LogP contribution is 2.27. The molecule has 2 fully saturated rings. The standard InChI is InChI=1S/C15H24N2O2/c16-11-10-15(18)17-12-6-8-14(9-7-12)19-13-4-2-1-3-5-13/h12-14H,1-10H2,(H,17,18). The molecule has 0 heterocycles. The van der Waals surface area contributed by atoms with Crippen molar-refractivity contribution in [2.24, 2.45) is 0 Å². The van der Waals surface area contributed by atoms with Crippen LogP contribution in [0.3, 0.4) is 0 Å². The van der Waals surface area contributed by atoms with Crippen LogP contribution in [0.1, 0.15) is 64.2 Å². The van der Waals surface area contributed by atoms with Crippen LogP contribution >= 0.6 is 0 Å². The molecule has 0 unspecified atom stereocenters. The van der Waals surface area contributed by atoms with Crippen LogP contribution in [0, 0.1) is 11.3 Å². The molecule has 106 valence electrons. The molecular weight excluding hydrogens is 240 g/mol. The van der Waals surface area contributed by atoms with Crippen molar-refractivity contribution in [2.75, 3.05) is 0 Å². The first kappa shape index (κ1) is 14.3. The van der Waals surface area contributed by atoms with E-state index in [9.17, 15) is 4.79 Å². The summed E-state index contributed by atoms with van der Waals surface area (Å²) in [6.45, 7) is 0. The molecule has 4 heteroatoms. The van der Waals surface area contributed by atoms with Crippen LogP contribution in [0.5, 0.6) is 0 Å². The average molecular weight is 264 g/mol. The molecule has 2 saturated carbocycles. The van der Waals surface area contributed by atoms with Crippen molar-refractivity contribution in [1.29, 1.82) is 5.26 Å². The number of ether oxygens (including phenoxy) is 1. The minimum absolute atomic E-state index is 0.0293. The first-order valence-corrected chi connectivity index (χ1v) is 7.59. The Morgan fingerprint density at radius 3 is 2.32 bits per heavy atom. The lowest BCUT2D eigenvalue weighted by atomic mass is 9.91. The highest BCUT2D eigenvalue weighted by Gasteiger charge is 2.25. The van der Waals surface area contributed by atoms with Crippen molar-refractivity contribution in [1.82, 2.24) is 5.32 Å². The maximum absolute atomic E-state index is 11.3. The van der Waals surface area contributed by atoms with Gasteiger partial charge in [0.15, 0.2) is 0 Å². The molecule has 0 spiro atoms. The number of carbonyl (C=O) groups is 1. The monoisotopic (exact) mass is 264 g/mol. The Hall–Kier alpha value is -1.08. The van der Waals surface area contributed by atoms with E-state index >= 15 is 0 Å². The Balaban J connectivity index is 1.64. The lowest BCUT2D eigenvalue weighted by Crippen LogP contribution is -2.39. The van der Waals surface area contributed by atoms with E-state index in [0.29, 0.717) is 12.2 Å². The van der Waals surface area contributed by atoms with Gasteiger partial charge >= 0.3 is 0 Å². The van der Waals surface area contributed by atoms with E-state index in [2.05, 4.69) is 5.32 Å². The quantitative estimate of drug-likeness (QED) is 0.849. The van der Waals surface area contributed by atoms with E-state index < -0.39 is 0 Å². The Labute approximate surface area is 115 Å². The molecule has 0 saturated heterocycles. The summed E-state index contributed by atoms with van der Waals surface area (Å²) in [5.41, 5.74) is 0. The van der Waals surface area contributed by atoms with Crippen LogP contribution < -0.4 is 5.32 Å². The van der Waals surface area contributed by atoms with Crippen molar-refractivity contribution in [3.8, 4) is 6.07 Å². The Morgan fingerprint density at radius 2 is 1.68 bits per heavy atom. The third-order valence-electron chi connectivity index (χ3n) is 4.22. The largest absolute Gasteiger partial charge is 0.375 e. The van der Waals surface area contributed by atoms with Crippen molar-refractivity contribution in [3.63, 3.8) is 0 Å². The summed E-state index contributed by atoms with van der Waals surface area (Å²) in [4.78, 5) is 11.3. The number of hydrogen-bond acceptors (Lipinski definition) is 3. The predicted octanol–water partition coefficient (Wildman–Crippen LogP) is 2.68. The lowest BCUT2D eigenvalue weighted by Gasteiger charge is -2.33. The highest BCUT2D eigenvalue weighted by molar-refractivity contribution is 5.78. The van der Waals surface area contributed by atoms with Gasteiger partial charge in [-0.3, -0.25) is 4.79 Å². The highest BCUT2D eigenvalue weighted by atomic mass is 16.5. The summed E-state index contributed by atoms with van der Waals surface area (Å²) in [7, 11) is 0. The second-order valence-corrected chi connectivity index (χ2v) is 5.77. The van der Waals surface area contributed by atoms with Gasteiger partial charge in [-0.2, -0.15) is 5.26 Å². The van der Waals surface area contributed by atoms with E-state index in [-0.39, 0.29) is 18.4 Å². The molecular formula is C15H24N2O2. The fourth-order valence-electron chi connectivity index (χ4n) is 3.17. The molecule has 1 N–H and O–H groups in total. The average Bonchev–Trinajstić information content (AvgIpc) is 2.42. The summed E-state index contributed by atoms with van der Waals surface area (Å²) >= 11 is 0. The van der Waals surface area contributed by atoms with E-state index in [0.717, 1.165) is 25.7 Å². The van der Waals surface area contributed by atoms with Crippen LogP contribution in [-0.4, -0.2) is 24.2 Å². The SMILES string of the molecule is N#CCC(=O)NC1CCC(OC2CCCCC2)CC1. The van der Waals surface area contributed by atoms with Gasteiger partial charge in [0.2, 0.25) is 5.91 Å². The molecule has 0 aliphatic heterocycles. The van der Waals surface area contributed by atoms with E-state index in [1.165, 1.54) is 32.1 Å². The number of nitrogens with zero attached hydrogens (tertiary/aromatic N) is 1. The molecule has 0 aromatic rings. The molecule has 2 rings (SSSR count). The maximum atomic E-state index is 11.3. The smallest absolute Gasteiger partial charge is 0.234 e. The molecule has 0 aromatic heterocycles. The van der Waals surface area contributed by atoms with Gasteiger partial charge in [0, 0.05) is 6.04 Å². The number of nitriles is 1. The molecule has 0 radical (unpaired) electrons. The Morgan fingerprint density at radius 1 is 1.05 bits per heavy atom. The fourth-order valence-corrected chi connectivity index (χ4v) is 3.17. The second kappa shape index (κ2) is 7.49. The Kier molecular flexibility index (Phi) is 5.65. The van der Waals surface area contributed by atoms with E-state index in [4.69, 9.17) is 10.00 Å². The predicted molar refractivity (Wildman–Crippen MR) is 72.4 cm³/mol. The van der Waals surface area contributed by atoms with Crippen LogP contribution in [0.2, 0.25) is 0 Å². The summed E-state index contributed by atoms with van der Waals surface area (Å²) in [6.07, 6.45) is 11.3. The number of carbonyl (C=O) groups excluding carboxylic acids is 1. The second-order valence-electron chi connectivity index (χ2n) is 5.77. The van der Waals surface area contributed by atoms with Crippen molar-refractivity contribution in [2.45, 2.75) is 82.5 Å². The molecule has 0 bridgehead atoms. The normalized spacial score (nSPS) is 28.6. The number of amides is 1. The summed E-state index contributed by atoms with van der Waals surface area (Å²) in [6, 6.07) is 2.13. The van der Waals surface area contributed by atoms with Gasteiger partial charge in [0.1, 0.15) is 6.42 Å². The maximum Gasteiger partial charge on any atom is 0.234 e.